The van der Waals surface area contributed by atoms with E-state index in [1.54, 1.807) is 6.20 Å². The third kappa shape index (κ3) is 1.65. The molecule has 5 heteroatoms. The maximum absolute atomic E-state index is 5.72. The molecule has 0 unspecified atom stereocenters. The summed E-state index contributed by atoms with van der Waals surface area (Å²) in [5.74, 6) is 1.46. The molecule has 80 valence electrons. The number of unbranched alkanes of at least 4 members (excludes halogenated alkanes) is 1. The van der Waals surface area contributed by atoms with Crippen LogP contribution in [0.15, 0.2) is 6.20 Å². The largest absolute Gasteiger partial charge is 0.380 e. The molecule has 0 bridgehead atoms. The van der Waals surface area contributed by atoms with Crippen LogP contribution in [0.2, 0.25) is 0 Å². The number of anilines is 1. The van der Waals surface area contributed by atoms with E-state index in [1.807, 2.05) is 11.6 Å². The van der Waals surface area contributed by atoms with Crippen molar-refractivity contribution >= 4 is 16.9 Å². The number of imidazole rings is 1. The van der Waals surface area contributed by atoms with E-state index in [2.05, 4.69) is 22.1 Å². The SMILES string of the molecule is CCCCc1nc2c(N)nncc2n1C. The van der Waals surface area contributed by atoms with Gasteiger partial charge in [0.1, 0.15) is 11.3 Å². The lowest BCUT2D eigenvalue weighted by atomic mass is 10.2. The first-order valence-electron chi connectivity index (χ1n) is 5.16. The molecule has 0 fully saturated rings. The summed E-state index contributed by atoms with van der Waals surface area (Å²) in [4.78, 5) is 4.48. The molecule has 0 aromatic carbocycles. The molecule has 2 N–H and O–H groups in total. The Hall–Kier alpha value is -1.65. The summed E-state index contributed by atoms with van der Waals surface area (Å²) in [5.41, 5.74) is 7.43. The van der Waals surface area contributed by atoms with Crippen molar-refractivity contribution in [2.45, 2.75) is 26.2 Å². The first-order valence-corrected chi connectivity index (χ1v) is 5.16. The molecular formula is C10H15N5. The zero-order chi connectivity index (χ0) is 10.8. The fourth-order valence-electron chi connectivity index (χ4n) is 1.65. The van der Waals surface area contributed by atoms with Crippen molar-refractivity contribution in [2.75, 3.05) is 5.73 Å². The van der Waals surface area contributed by atoms with Gasteiger partial charge in [0.25, 0.3) is 0 Å². The Morgan fingerprint density at radius 3 is 2.93 bits per heavy atom. The molecule has 2 aromatic rings. The summed E-state index contributed by atoms with van der Waals surface area (Å²) in [6.45, 7) is 2.17. The van der Waals surface area contributed by atoms with Gasteiger partial charge in [-0.3, -0.25) is 0 Å². The van der Waals surface area contributed by atoms with Gasteiger partial charge >= 0.3 is 0 Å². The fraction of sp³-hybridized carbons (Fsp3) is 0.500. The van der Waals surface area contributed by atoms with Gasteiger partial charge in [0.15, 0.2) is 5.82 Å². The van der Waals surface area contributed by atoms with Gasteiger partial charge in [-0.1, -0.05) is 13.3 Å². The molecule has 0 saturated heterocycles. The Kier molecular flexibility index (Phi) is 2.53. The highest BCUT2D eigenvalue weighted by molar-refractivity contribution is 5.84. The Balaban J connectivity index is 2.49. The van der Waals surface area contributed by atoms with Crippen LogP contribution in [0.25, 0.3) is 11.0 Å². The number of aryl methyl sites for hydroxylation is 2. The average molecular weight is 205 g/mol. The van der Waals surface area contributed by atoms with E-state index >= 15 is 0 Å². The van der Waals surface area contributed by atoms with Gasteiger partial charge in [0.05, 0.1) is 11.7 Å². The summed E-state index contributed by atoms with van der Waals surface area (Å²) in [6.07, 6.45) is 4.97. The molecule has 0 saturated carbocycles. The molecule has 0 atom stereocenters. The predicted molar refractivity (Wildman–Crippen MR) is 59.3 cm³/mol. The third-order valence-electron chi connectivity index (χ3n) is 2.57. The van der Waals surface area contributed by atoms with Crippen LogP contribution in [0.1, 0.15) is 25.6 Å². The summed E-state index contributed by atoms with van der Waals surface area (Å²) >= 11 is 0. The lowest BCUT2D eigenvalue weighted by Gasteiger charge is -1.99. The zero-order valence-electron chi connectivity index (χ0n) is 9.06. The molecule has 0 amide bonds. The first kappa shape index (κ1) is 9.89. The molecule has 5 nitrogen and oxygen atoms in total. The van der Waals surface area contributed by atoms with E-state index in [4.69, 9.17) is 5.73 Å². The maximum Gasteiger partial charge on any atom is 0.174 e. The Bertz CT molecular complexity index is 474. The highest BCUT2D eigenvalue weighted by Gasteiger charge is 2.10. The minimum atomic E-state index is 0.408. The molecule has 2 aromatic heterocycles. The van der Waals surface area contributed by atoms with Crippen LogP contribution in [0.4, 0.5) is 5.82 Å². The molecular weight excluding hydrogens is 190 g/mol. The van der Waals surface area contributed by atoms with Crippen LogP contribution >= 0.6 is 0 Å². The minimum absolute atomic E-state index is 0.408. The summed E-state index contributed by atoms with van der Waals surface area (Å²) in [6, 6.07) is 0. The standard InChI is InChI=1S/C10H15N5/c1-3-4-5-8-13-9-7(15(8)2)6-12-14-10(9)11/h6H,3-5H2,1-2H3,(H2,11,14). The predicted octanol–water partition coefficient (Wildman–Crippen LogP) is 1.29. The first-order chi connectivity index (χ1) is 7.24. The minimum Gasteiger partial charge on any atom is -0.380 e. The van der Waals surface area contributed by atoms with E-state index in [1.165, 1.54) is 0 Å². The van der Waals surface area contributed by atoms with Crippen molar-refractivity contribution < 1.29 is 0 Å². The van der Waals surface area contributed by atoms with Gasteiger partial charge in [0.2, 0.25) is 0 Å². The molecule has 0 aliphatic rings. The summed E-state index contributed by atoms with van der Waals surface area (Å²) < 4.78 is 2.04. The van der Waals surface area contributed by atoms with Gasteiger partial charge in [-0.05, 0) is 6.42 Å². The van der Waals surface area contributed by atoms with Crippen LogP contribution in [-0.2, 0) is 13.5 Å². The average Bonchev–Trinajstić information content (AvgIpc) is 2.55. The highest BCUT2D eigenvalue weighted by Crippen LogP contribution is 2.18. The highest BCUT2D eigenvalue weighted by atomic mass is 15.2. The number of nitrogens with zero attached hydrogens (tertiary/aromatic N) is 4. The molecule has 2 heterocycles. The summed E-state index contributed by atoms with van der Waals surface area (Å²) in [7, 11) is 1.99. The number of nitrogen functional groups attached to an aromatic ring is 1. The molecule has 0 aliphatic heterocycles. The molecule has 2 rings (SSSR count). The Labute approximate surface area is 88.3 Å². The molecule has 15 heavy (non-hydrogen) atoms. The quantitative estimate of drug-likeness (QED) is 0.819. The second-order valence-corrected chi connectivity index (χ2v) is 3.65. The van der Waals surface area contributed by atoms with Gasteiger partial charge in [0, 0.05) is 13.5 Å². The van der Waals surface area contributed by atoms with Crippen molar-refractivity contribution in [1.29, 1.82) is 0 Å². The number of aromatic nitrogens is 4. The number of hydrogen-bond acceptors (Lipinski definition) is 4. The van der Waals surface area contributed by atoms with Crippen molar-refractivity contribution in [1.82, 2.24) is 19.7 Å². The van der Waals surface area contributed by atoms with Crippen molar-refractivity contribution in [3.05, 3.63) is 12.0 Å². The van der Waals surface area contributed by atoms with Crippen LogP contribution in [0, 0.1) is 0 Å². The Morgan fingerprint density at radius 2 is 2.27 bits per heavy atom. The zero-order valence-corrected chi connectivity index (χ0v) is 9.06. The maximum atomic E-state index is 5.72. The van der Waals surface area contributed by atoms with Crippen LogP contribution in [0.5, 0.6) is 0 Å². The van der Waals surface area contributed by atoms with Crippen LogP contribution < -0.4 is 5.73 Å². The second-order valence-electron chi connectivity index (χ2n) is 3.65. The molecule has 0 aliphatic carbocycles. The van der Waals surface area contributed by atoms with E-state index < -0.39 is 0 Å². The van der Waals surface area contributed by atoms with E-state index in [0.29, 0.717) is 5.82 Å². The fourth-order valence-corrected chi connectivity index (χ4v) is 1.65. The second kappa shape index (κ2) is 3.84. The van der Waals surface area contributed by atoms with Gasteiger partial charge in [-0.2, -0.15) is 5.10 Å². The lowest BCUT2D eigenvalue weighted by Crippen LogP contribution is -1.97. The van der Waals surface area contributed by atoms with Crippen LogP contribution in [-0.4, -0.2) is 19.7 Å². The molecule has 0 spiro atoms. The van der Waals surface area contributed by atoms with Crippen molar-refractivity contribution in [3.8, 4) is 0 Å². The van der Waals surface area contributed by atoms with Gasteiger partial charge in [-0.15, -0.1) is 5.10 Å². The van der Waals surface area contributed by atoms with Crippen LogP contribution in [0.3, 0.4) is 0 Å². The summed E-state index contributed by atoms with van der Waals surface area (Å²) in [5, 5.41) is 7.63. The Morgan fingerprint density at radius 1 is 1.47 bits per heavy atom. The normalized spacial score (nSPS) is 11.1. The van der Waals surface area contributed by atoms with Gasteiger partial charge < -0.3 is 10.3 Å². The van der Waals surface area contributed by atoms with Gasteiger partial charge in [-0.25, -0.2) is 4.98 Å². The third-order valence-corrected chi connectivity index (χ3v) is 2.57. The number of rotatable bonds is 3. The van der Waals surface area contributed by atoms with Crippen molar-refractivity contribution in [2.24, 2.45) is 7.05 Å². The van der Waals surface area contributed by atoms with E-state index in [-0.39, 0.29) is 0 Å². The number of hydrogen-bond donors (Lipinski definition) is 1. The monoisotopic (exact) mass is 205 g/mol. The number of fused-ring (bicyclic) bond motifs is 1. The topological polar surface area (TPSA) is 69.6 Å². The smallest absolute Gasteiger partial charge is 0.174 e. The van der Waals surface area contributed by atoms with E-state index in [0.717, 1.165) is 36.1 Å². The lowest BCUT2D eigenvalue weighted by molar-refractivity contribution is 0.720. The van der Waals surface area contributed by atoms with Crippen molar-refractivity contribution in [3.63, 3.8) is 0 Å². The molecule has 0 radical (unpaired) electrons. The van der Waals surface area contributed by atoms with E-state index in [9.17, 15) is 0 Å². The number of nitrogens with two attached hydrogens (primary N) is 1.